The minimum Gasteiger partial charge on any atom is -0.481 e. The van der Waals surface area contributed by atoms with Gasteiger partial charge in [0.2, 0.25) is 5.89 Å². The number of hydrogen-bond acceptors (Lipinski definition) is 4. The number of nitrogens with zero attached hydrogens (tertiary/aromatic N) is 1. The highest BCUT2D eigenvalue weighted by Crippen LogP contribution is 2.42. The molecule has 4 rings (SSSR count). The fourth-order valence-electron chi connectivity index (χ4n) is 3.68. The molecule has 35 heavy (non-hydrogen) atoms. The number of ether oxygens (including phenoxy) is 1. The summed E-state index contributed by atoms with van der Waals surface area (Å²) in [4.78, 5) is 17.1. The first-order valence-corrected chi connectivity index (χ1v) is 12.4. The first-order chi connectivity index (χ1) is 16.7. The highest BCUT2D eigenvalue weighted by atomic mass is 35.5. The van der Waals surface area contributed by atoms with Gasteiger partial charge in [0.15, 0.2) is 17.9 Å². The number of amides is 1. The summed E-state index contributed by atoms with van der Waals surface area (Å²) in [5.74, 6) is 0.881. The van der Waals surface area contributed by atoms with Crippen molar-refractivity contribution in [1.29, 1.82) is 0 Å². The van der Waals surface area contributed by atoms with E-state index in [0.29, 0.717) is 33.6 Å². The molecule has 0 saturated heterocycles. The number of carbonyl (C=O) groups is 1. The molecule has 0 spiro atoms. The molecule has 1 unspecified atom stereocenters. The largest absolute Gasteiger partial charge is 0.481 e. The van der Waals surface area contributed by atoms with Gasteiger partial charge in [-0.2, -0.15) is 0 Å². The van der Waals surface area contributed by atoms with Crippen LogP contribution >= 0.6 is 34.8 Å². The van der Waals surface area contributed by atoms with Crippen molar-refractivity contribution in [1.82, 2.24) is 4.98 Å². The summed E-state index contributed by atoms with van der Waals surface area (Å²) < 4.78 is 11.5. The number of rotatable bonds is 7. The Labute approximate surface area is 219 Å². The number of nitrogens with one attached hydrogen (secondary N) is 1. The van der Waals surface area contributed by atoms with Crippen molar-refractivity contribution < 1.29 is 13.9 Å². The van der Waals surface area contributed by atoms with E-state index in [0.717, 1.165) is 23.1 Å². The summed E-state index contributed by atoms with van der Waals surface area (Å²) in [5.41, 5.74) is 5.54. The van der Waals surface area contributed by atoms with Gasteiger partial charge in [0.05, 0.1) is 10.0 Å². The van der Waals surface area contributed by atoms with Gasteiger partial charge in [0, 0.05) is 16.3 Å². The number of benzene rings is 3. The Morgan fingerprint density at radius 1 is 1.03 bits per heavy atom. The molecule has 8 heteroatoms. The lowest BCUT2D eigenvalue weighted by molar-refractivity contribution is -0.118. The molecule has 1 amide bonds. The summed E-state index contributed by atoms with van der Waals surface area (Å²) in [6.45, 7) is 7.64. The summed E-state index contributed by atoms with van der Waals surface area (Å²) in [6.07, 6.45) is 1.06. The SMILES string of the molecule is CCC(C)c1ccc2oc(-c3ccc(NC(=O)COc4c(Cl)c(C)c(Cl)c(C)c4Cl)cc3)nc2c1. The molecule has 0 aliphatic carbocycles. The summed E-state index contributed by atoms with van der Waals surface area (Å²) in [7, 11) is 0. The molecule has 0 saturated carbocycles. The average molecular weight is 532 g/mol. The van der Waals surface area contributed by atoms with Crippen LogP contribution in [0.15, 0.2) is 46.9 Å². The van der Waals surface area contributed by atoms with Crippen LogP contribution in [0.1, 0.15) is 42.9 Å². The molecular formula is C27H25Cl3N2O3. The number of oxazole rings is 1. The standard InChI is InChI=1S/C27H25Cl3N2O3/c1-5-14(2)18-8-11-21-20(12-18)32-27(35-21)17-6-9-19(10-7-17)31-22(33)13-34-26-24(29)15(3)23(28)16(4)25(26)30/h6-12,14H,5,13H2,1-4H3,(H,31,33). The number of hydrogen-bond donors (Lipinski definition) is 1. The van der Waals surface area contributed by atoms with Gasteiger partial charge in [-0.1, -0.05) is 54.7 Å². The maximum Gasteiger partial charge on any atom is 0.262 e. The van der Waals surface area contributed by atoms with Gasteiger partial charge in [-0.15, -0.1) is 0 Å². The van der Waals surface area contributed by atoms with Crippen molar-refractivity contribution in [2.24, 2.45) is 0 Å². The van der Waals surface area contributed by atoms with Crippen molar-refractivity contribution in [3.05, 3.63) is 74.2 Å². The molecule has 182 valence electrons. The molecule has 3 aromatic carbocycles. The summed E-state index contributed by atoms with van der Waals surface area (Å²) in [5, 5.41) is 3.85. The fourth-order valence-corrected chi connectivity index (χ4v) is 4.50. The molecule has 0 bridgehead atoms. The van der Waals surface area contributed by atoms with E-state index in [2.05, 4.69) is 36.3 Å². The maximum absolute atomic E-state index is 12.4. The zero-order valence-corrected chi connectivity index (χ0v) is 22.1. The third kappa shape index (κ3) is 5.27. The van der Waals surface area contributed by atoms with Crippen molar-refractivity contribution in [3.8, 4) is 17.2 Å². The molecule has 1 N–H and O–H groups in total. The van der Waals surface area contributed by atoms with Gasteiger partial charge in [0.1, 0.15) is 5.52 Å². The minimum atomic E-state index is -0.352. The van der Waals surface area contributed by atoms with Crippen molar-refractivity contribution >= 4 is 57.5 Å². The number of carbonyl (C=O) groups excluding carboxylic acids is 1. The van der Waals surface area contributed by atoms with Crippen LogP contribution in [0.3, 0.4) is 0 Å². The van der Waals surface area contributed by atoms with E-state index < -0.39 is 0 Å². The maximum atomic E-state index is 12.4. The van der Waals surface area contributed by atoms with Gasteiger partial charge in [-0.25, -0.2) is 4.98 Å². The smallest absolute Gasteiger partial charge is 0.262 e. The van der Waals surface area contributed by atoms with Crippen LogP contribution in [0.25, 0.3) is 22.6 Å². The number of fused-ring (bicyclic) bond motifs is 1. The van der Waals surface area contributed by atoms with Crippen LogP contribution in [-0.2, 0) is 4.79 Å². The molecule has 5 nitrogen and oxygen atoms in total. The zero-order valence-electron chi connectivity index (χ0n) is 19.8. The summed E-state index contributed by atoms with van der Waals surface area (Å²) in [6, 6.07) is 13.4. The molecule has 0 radical (unpaired) electrons. The molecule has 0 fully saturated rings. The van der Waals surface area contributed by atoms with Crippen molar-refractivity contribution in [2.45, 2.75) is 40.0 Å². The second-order valence-electron chi connectivity index (χ2n) is 8.49. The highest BCUT2D eigenvalue weighted by molar-refractivity contribution is 6.42. The Balaban J connectivity index is 1.43. The van der Waals surface area contributed by atoms with E-state index in [9.17, 15) is 4.79 Å². The Morgan fingerprint density at radius 2 is 1.69 bits per heavy atom. The van der Waals surface area contributed by atoms with Gasteiger partial charge >= 0.3 is 0 Å². The van der Waals surface area contributed by atoms with E-state index in [1.165, 1.54) is 5.56 Å². The zero-order chi connectivity index (χ0) is 25.3. The number of anilines is 1. The second-order valence-corrected chi connectivity index (χ2v) is 9.62. The van der Waals surface area contributed by atoms with Gasteiger partial charge in [0.25, 0.3) is 5.91 Å². The highest BCUT2D eigenvalue weighted by Gasteiger charge is 2.19. The lowest BCUT2D eigenvalue weighted by Gasteiger charge is -2.15. The van der Waals surface area contributed by atoms with Crippen LogP contribution in [0.5, 0.6) is 5.75 Å². The topological polar surface area (TPSA) is 64.4 Å². The third-order valence-electron chi connectivity index (χ3n) is 6.07. The molecule has 4 aromatic rings. The van der Waals surface area contributed by atoms with Gasteiger partial charge in [-0.05, 0) is 79.3 Å². The first-order valence-electron chi connectivity index (χ1n) is 11.3. The fraction of sp³-hybridized carbons (Fsp3) is 0.259. The second kappa shape index (κ2) is 10.5. The monoisotopic (exact) mass is 530 g/mol. The Kier molecular flexibility index (Phi) is 7.60. The van der Waals surface area contributed by atoms with E-state index >= 15 is 0 Å². The van der Waals surface area contributed by atoms with Crippen LogP contribution in [0, 0.1) is 13.8 Å². The molecule has 0 aliphatic rings. The molecule has 1 aromatic heterocycles. The van der Waals surface area contributed by atoms with Crippen LogP contribution < -0.4 is 10.1 Å². The minimum absolute atomic E-state index is 0.241. The van der Waals surface area contributed by atoms with Gasteiger partial charge < -0.3 is 14.5 Å². The quantitative estimate of drug-likeness (QED) is 0.259. The number of aromatic nitrogens is 1. The van der Waals surface area contributed by atoms with E-state index in [1.807, 2.05) is 18.2 Å². The molecule has 0 aliphatic heterocycles. The van der Waals surface area contributed by atoms with E-state index in [-0.39, 0.29) is 28.3 Å². The van der Waals surface area contributed by atoms with Crippen LogP contribution in [0.4, 0.5) is 5.69 Å². The third-order valence-corrected chi connectivity index (χ3v) is 7.55. The van der Waals surface area contributed by atoms with Gasteiger partial charge in [-0.3, -0.25) is 4.79 Å². The van der Waals surface area contributed by atoms with Crippen LogP contribution in [0.2, 0.25) is 15.1 Å². The Bertz CT molecular complexity index is 1370. The molecule has 1 heterocycles. The lowest BCUT2D eigenvalue weighted by Crippen LogP contribution is -2.20. The van der Waals surface area contributed by atoms with E-state index in [4.69, 9.17) is 44.0 Å². The number of halogens is 3. The summed E-state index contributed by atoms with van der Waals surface area (Å²) >= 11 is 18.9. The van der Waals surface area contributed by atoms with Crippen LogP contribution in [-0.4, -0.2) is 17.5 Å². The first kappa shape index (κ1) is 25.4. The predicted octanol–water partition coefficient (Wildman–Crippen LogP) is 8.60. The normalized spacial score (nSPS) is 12.1. The van der Waals surface area contributed by atoms with Crippen molar-refractivity contribution in [2.75, 3.05) is 11.9 Å². The van der Waals surface area contributed by atoms with E-state index in [1.54, 1.807) is 26.0 Å². The molecular weight excluding hydrogens is 507 g/mol. The lowest BCUT2D eigenvalue weighted by atomic mass is 9.98. The van der Waals surface area contributed by atoms with Crippen molar-refractivity contribution in [3.63, 3.8) is 0 Å². The molecule has 1 atom stereocenters. The Morgan fingerprint density at radius 3 is 2.31 bits per heavy atom. The average Bonchev–Trinajstić information content (AvgIpc) is 3.29. The predicted molar refractivity (Wildman–Crippen MR) is 143 cm³/mol. The Hall–Kier alpha value is -2.73.